The Kier molecular flexibility index (Phi) is 5.49. The van der Waals surface area contributed by atoms with Crippen LogP contribution in [0.2, 0.25) is 0 Å². The lowest BCUT2D eigenvalue weighted by Gasteiger charge is -2.09. The first-order valence-corrected chi connectivity index (χ1v) is 8.42. The van der Waals surface area contributed by atoms with Crippen molar-refractivity contribution in [2.45, 2.75) is 37.7 Å². The Morgan fingerprint density at radius 1 is 1.11 bits per heavy atom. The van der Waals surface area contributed by atoms with Gasteiger partial charge in [0.25, 0.3) is 0 Å². The highest BCUT2D eigenvalue weighted by molar-refractivity contribution is 7.99. The molecule has 2 aromatic rings. The van der Waals surface area contributed by atoms with Crippen LogP contribution in [0.25, 0.3) is 0 Å². The van der Waals surface area contributed by atoms with E-state index in [9.17, 15) is 5.11 Å². The summed E-state index contributed by atoms with van der Waals surface area (Å²) >= 11 is 3.54. The fourth-order valence-corrected chi connectivity index (χ4v) is 3.70. The van der Waals surface area contributed by atoms with Gasteiger partial charge in [-0.15, -0.1) is 23.1 Å². The number of aliphatic hydroxyl groups excluding tert-OH is 1. The Morgan fingerprint density at radius 3 is 2.42 bits per heavy atom. The molecule has 0 amide bonds. The number of rotatable bonds is 6. The summed E-state index contributed by atoms with van der Waals surface area (Å²) in [5.41, 5.74) is 1.27. The molecule has 2 rings (SSSR count). The van der Waals surface area contributed by atoms with Gasteiger partial charge in [-0.1, -0.05) is 24.6 Å². The highest BCUT2D eigenvalue weighted by Gasteiger charge is 2.08. The molecule has 1 N–H and O–H groups in total. The first-order valence-electron chi connectivity index (χ1n) is 6.62. The summed E-state index contributed by atoms with van der Waals surface area (Å²) in [7, 11) is 0. The van der Waals surface area contributed by atoms with Crippen LogP contribution >= 0.6 is 23.1 Å². The predicted molar refractivity (Wildman–Crippen MR) is 85.3 cm³/mol. The first-order chi connectivity index (χ1) is 9.17. The second kappa shape index (κ2) is 7.13. The summed E-state index contributed by atoms with van der Waals surface area (Å²) in [6.45, 7) is 4.25. The lowest BCUT2D eigenvalue weighted by molar-refractivity contribution is 0.201. The van der Waals surface area contributed by atoms with Crippen LogP contribution in [0.4, 0.5) is 0 Å². The molecular weight excluding hydrogens is 272 g/mol. The van der Waals surface area contributed by atoms with Crippen LogP contribution in [0, 0.1) is 6.92 Å². The Morgan fingerprint density at radius 2 is 1.79 bits per heavy atom. The third-order valence-electron chi connectivity index (χ3n) is 2.97. The van der Waals surface area contributed by atoms with Crippen molar-refractivity contribution in [1.29, 1.82) is 0 Å². The van der Waals surface area contributed by atoms with E-state index in [0.29, 0.717) is 0 Å². The van der Waals surface area contributed by atoms with Crippen LogP contribution in [0.1, 0.15) is 22.2 Å². The van der Waals surface area contributed by atoms with Gasteiger partial charge in [0.2, 0.25) is 0 Å². The van der Waals surface area contributed by atoms with E-state index in [4.69, 9.17) is 0 Å². The van der Waals surface area contributed by atoms with E-state index in [2.05, 4.69) is 50.2 Å². The van der Waals surface area contributed by atoms with Crippen molar-refractivity contribution in [3.63, 3.8) is 0 Å². The minimum atomic E-state index is -0.269. The van der Waals surface area contributed by atoms with Crippen molar-refractivity contribution < 1.29 is 5.11 Å². The summed E-state index contributed by atoms with van der Waals surface area (Å²) in [4.78, 5) is 3.91. The van der Waals surface area contributed by atoms with Gasteiger partial charge in [0.05, 0.1) is 6.10 Å². The lowest BCUT2D eigenvalue weighted by atomic mass is 10.2. The Bertz CT molecular complexity index is 502. The smallest absolute Gasteiger partial charge is 0.0682 e. The van der Waals surface area contributed by atoms with E-state index in [1.54, 1.807) is 11.8 Å². The molecule has 0 aliphatic heterocycles. The van der Waals surface area contributed by atoms with Crippen molar-refractivity contribution >= 4 is 23.1 Å². The van der Waals surface area contributed by atoms with Crippen LogP contribution in [-0.4, -0.2) is 17.0 Å². The van der Waals surface area contributed by atoms with Crippen molar-refractivity contribution in [2.75, 3.05) is 5.75 Å². The fourth-order valence-electron chi connectivity index (χ4n) is 1.84. The molecule has 1 atom stereocenters. The minimum Gasteiger partial charge on any atom is -0.392 e. The Balaban J connectivity index is 1.81. The number of hydrogen-bond donors (Lipinski definition) is 1. The number of aryl methyl sites for hydroxylation is 2. The molecule has 0 bridgehead atoms. The zero-order chi connectivity index (χ0) is 13.7. The van der Waals surface area contributed by atoms with Gasteiger partial charge in [-0.05, 0) is 37.6 Å². The molecule has 1 aromatic carbocycles. The summed E-state index contributed by atoms with van der Waals surface area (Å²) in [5.74, 6) is 0.752. The van der Waals surface area contributed by atoms with Crippen LogP contribution < -0.4 is 0 Å². The maximum atomic E-state index is 10.1. The zero-order valence-corrected chi connectivity index (χ0v) is 13.1. The monoisotopic (exact) mass is 292 g/mol. The number of benzene rings is 1. The number of thiophene rings is 1. The molecule has 0 spiro atoms. The average molecular weight is 292 g/mol. The van der Waals surface area contributed by atoms with Gasteiger partial charge in [0, 0.05) is 26.8 Å². The topological polar surface area (TPSA) is 20.2 Å². The molecule has 0 saturated carbocycles. The highest BCUT2D eigenvalue weighted by atomic mass is 32.2. The second-order valence-corrected chi connectivity index (χ2v) is 7.05. The summed E-state index contributed by atoms with van der Waals surface area (Å²) in [5, 5.41) is 10.1. The molecule has 1 aromatic heterocycles. The van der Waals surface area contributed by atoms with Crippen LogP contribution in [0.3, 0.4) is 0 Å². The van der Waals surface area contributed by atoms with Crippen LogP contribution in [0.5, 0.6) is 0 Å². The first kappa shape index (κ1) is 14.6. The van der Waals surface area contributed by atoms with E-state index >= 15 is 0 Å². The molecule has 0 saturated heterocycles. The molecule has 0 radical (unpaired) electrons. The quantitative estimate of drug-likeness (QED) is 0.800. The minimum absolute atomic E-state index is 0.269. The third-order valence-corrected chi connectivity index (χ3v) is 5.37. The Labute approximate surface area is 123 Å². The van der Waals surface area contributed by atoms with Crippen LogP contribution in [0.15, 0.2) is 41.3 Å². The summed E-state index contributed by atoms with van der Waals surface area (Å²) < 4.78 is 0. The van der Waals surface area contributed by atoms with E-state index in [-0.39, 0.29) is 6.10 Å². The SMILES string of the molecule is CCc1ccc(CC(O)CSc2ccc(C)cc2)s1. The largest absolute Gasteiger partial charge is 0.392 e. The number of thioether (sulfide) groups is 1. The van der Waals surface area contributed by atoms with E-state index in [0.717, 1.165) is 18.6 Å². The summed E-state index contributed by atoms with van der Waals surface area (Å²) in [6, 6.07) is 12.8. The van der Waals surface area contributed by atoms with Gasteiger partial charge in [-0.2, -0.15) is 0 Å². The average Bonchev–Trinajstić information content (AvgIpc) is 2.86. The zero-order valence-electron chi connectivity index (χ0n) is 11.4. The molecule has 3 heteroatoms. The van der Waals surface area contributed by atoms with E-state index in [1.807, 2.05) is 11.3 Å². The van der Waals surface area contributed by atoms with Crippen molar-refractivity contribution in [3.05, 3.63) is 51.7 Å². The van der Waals surface area contributed by atoms with Gasteiger partial charge >= 0.3 is 0 Å². The molecule has 0 aliphatic carbocycles. The van der Waals surface area contributed by atoms with Crippen molar-refractivity contribution in [2.24, 2.45) is 0 Å². The fraction of sp³-hybridized carbons (Fsp3) is 0.375. The van der Waals surface area contributed by atoms with E-state index < -0.39 is 0 Å². The van der Waals surface area contributed by atoms with Gasteiger partial charge in [0.15, 0.2) is 0 Å². The molecular formula is C16H20OS2. The lowest BCUT2D eigenvalue weighted by Crippen LogP contribution is -2.12. The van der Waals surface area contributed by atoms with Crippen molar-refractivity contribution in [3.8, 4) is 0 Å². The van der Waals surface area contributed by atoms with E-state index in [1.165, 1.54) is 20.2 Å². The van der Waals surface area contributed by atoms with Gasteiger partial charge in [0.1, 0.15) is 0 Å². The molecule has 0 aliphatic rings. The molecule has 1 heterocycles. The summed E-state index contributed by atoms with van der Waals surface area (Å²) in [6.07, 6.45) is 1.58. The molecule has 1 unspecified atom stereocenters. The van der Waals surface area contributed by atoms with Gasteiger partial charge in [-0.25, -0.2) is 0 Å². The maximum Gasteiger partial charge on any atom is 0.0682 e. The third kappa shape index (κ3) is 4.68. The van der Waals surface area contributed by atoms with Gasteiger partial charge in [-0.3, -0.25) is 0 Å². The predicted octanol–water partition coefficient (Wildman–Crippen LogP) is 4.31. The Hall–Kier alpha value is -0.770. The standard InChI is InChI=1S/C16H20OS2/c1-3-14-8-9-16(19-14)10-13(17)11-18-15-6-4-12(2)5-7-15/h4-9,13,17H,3,10-11H2,1-2H3. The highest BCUT2D eigenvalue weighted by Crippen LogP contribution is 2.22. The molecule has 102 valence electrons. The maximum absolute atomic E-state index is 10.1. The molecule has 1 nitrogen and oxygen atoms in total. The molecule has 19 heavy (non-hydrogen) atoms. The van der Waals surface area contributed by atoms with Crippen molar-refractivity contribution in [1.82, 2.24) is 0 Å². The van der Waals surface area contributed by atoms with Crippen LogP contribution in [-0.2, 0) is 12.8 Å². The molecule has 0 fully saturated rings. The normalized spacial score (nSPS) is 12.6. The second-order valence-electron chi connectivity index (χ2n) is 4.70. The number of aliphatic hydroxyl groups is 1. The number of hydrogen-bond acceptors (Lipinski definition) is 3. The van der Waals surface area contributed by atoms with Gasteiger partial charge < -0.3 is 5.11 Å².